The van der Waals surface area contributed by atoms with Gasteiger partial charge in [-0.05, 0) is 25.5 Å². The van der Waals surface area contributed by atoms with Crippen LogP contribution < -0.4 is 4.72 Å². The second kappa shape index (κ2) is 6.91. The average Bonchev–Trinajstić information content (AvgIpc) is 2.97. The van der Waals surface area contributed by atoms with Crippen molar-refractivity contribution in [2.24, 2.45) is 0 Å². The Bertz CT molecular complexity index is 601. The highest BCUT2D eigenvalue weighted by Gasteiger charge is 2.41. The number of thiophene rings is 1. The molecule has 0 unspecified atom stereocenters. The molecule has 4 N–H and O–H groups in total. The number of sulfonamides is 1. The van der Waals surface area contributed by atoms with Gasteiger partial charge in [-0.25, -0.2) is 13.1 Å². The number of aliphatic hydroxyl groups is 3. The molecule has 5 atom stereocenters. The molecule has 2 rings (SSSR count). The zero-order valence-electron chi connectivity index (χ0n) is 12.3. The molecule has 0 radical (unpaired) electrons. The topological polar surface area (TPSA) is 116 Å². The summed E-state index contributed by atoms with van der Waals surface area (Å²) in [4.78, 5) is 0.960. The maximum absolute atomic E-state index is 12.2. The Kier molecular flexibility index (Phi) is 5.59. The molecule has 1 aliphatic heterocycles. The Morgan fingerprint density at radius 1 is 1.23 bits per heavy atom. The van der Waals surface area contributed by atoms with Gasteiger partial charge in [0.05, 0.1) is 6.10 Å². The first kappa shape index (κ1) is 17.8. The van der Waals surface area contributed by atoms with E-state index < -0.39 is 40.5 Å². The van der Waals surface area contributed by atoms with Gasteiger partial charge in [-0.2, -0.15) is 0 Å². The van der Waals surface area contributed by atoms with Gasteiger partial charge >= 0.3 is 0 Å². The van der Waals surface area contributed by atoms with Crippen LogP contribution in [0.4, 0.5) is 0 Å². The summed E-state index contributed by atoms with van der Waals surface area (Å²) >= 11 is 1.19. The van der Waals surface area contributed by atoms with Crippen LogP contribution >= 0.6 is 11.3 Å². The summed E-state index contributed by atoms with van der Waals surface area (Å²) in [6.45, 7) is 3.31. The fraction of sp³-hybridized carbons (Fsp3) is 0.692. The van der Waals surface area contributed by atoms with Crippen LogP contribution in [0.25, 0.3) is 0 Å². The quantitative estimate of drug-likeness (QED) is 0.566. The molecule has 0 spiro atoms. The fourth-order valence-electron chi connectivity index (χ4n) is 2.26. The van der Waals surface area contributed by atoms with Crippen molar-refractivity contribution >= 4 is 21.4 Å². The maximum Gasteiger partial charge on any atom is 0.250 e. The minimum absolute atomic E-state index is 0.184. The Morgan fingerprint density at radius 3 is 2.50 bits per heavy atom. The summed E-state index contributed by atoms with van der Waals surface area (Å²) in [6.07, 6.45) is -4.79. The zero-order valence-corrected chi connectivity index (χ0v) is 14.0. The van der Waals surface area contributed by atoms with Crippen molar-refractivity contribution in [1.29, 1.82) is 0 Å². The Morgan fingerprint density at radius 2 is 1.91 bits per heavy atom. The van der Waals surface area contributed by atoms with E-state index in [4.69, 9.17) is 4.74 Å². The monoisotopic (exact) mass is 351 g/mol. The standard InChI is InChI=1S/C13H21NO6S2/c1-3-8-4-5-10(21-8)22(18,19)14-6-9-12(16)13(17)11(15)7(2)20-9/h4-5,7,9,11-17H,3,6H2,1-2H3/t7-,9+,11+,12+,13+/m0/s1. The molecule has 1 aromatic rings. The summed E-state index contributed by atoms with van der Waals surface area (Å²) in [5, 5.41) is 29.2. The molecule has 2 heterocycles. The average molecular weight is 351 g/mol. The van der Waals surface area contributed by atoms with Gasteiger partial charge in [-0.1, -0.05) is 6.92 Å². The fourth-order valence-corrected chi connectivity index (χ4v) is 4.65. The lowest BCUT2D eigenvalue weighted by molar-refractivity contribution is -0.214. The van der Waals surface area contributed by atoms with Gasteiger partial charge in [-0.3, -0.25) is 0 Å². The van der Waals surface area contributed by atoms with Crippen LogP contribution in [0.2, 0.25) is 0 Å². The number of nitrogens with one attached hydrogen (secondary N) is 1. The molecule has 0 bridgehead atoms. The minimum Gasteiger partial charge on any atom is -0.388 e. The van der Waals surface area contributed by atoms with Crippen molar-refractivity contribution in [1.82, 2.24) is 4.72 Å². The van der Waals surface area contributed by atoms with Crippen LogP contribution in [0.1, 0.15) is 18.7 Å². The molecule has 1 aromatic heterocycles. The largest absolute Gasteiger partial charge is 0.388 e. The molecule has 9 heteroatoms. The van der Waals surface area contributed by atoms with Crippen molar-refractivity contribution in [2.75, 3.05) is 6.54 Å². The number of ether oxygens (including phenoxy) is 1. The van der Waals surface area contributed by atoms with Crippen molar-refractivity contribution in [3.8, 4) is 0 Å². The second-order valence-electron chi connectivity index (χ2n) is 5.28. The first-order valence-corrected chi connectivity index (χ1v) is 9.34. The Labute approximate surface area is 133 Å². The van der Waals surface area contributed by atoms with E-state index in [0.29, 0.717) is 0 Å². The van der Waals surface area contributed by atoms with Crippen LogP contribution in [-0.2, 0) is 21.2 Å². The van der Waals surface area contributed by atoms with Gasteiger partial charge in [0.2, 0.25) is 10.0 Å². The lowest BCUT2D eigenvalue weighted by Crippen LogP contribution is -2.59. The minimum atomic E-state index is -3.69. The molecular weight excluding hydrogens is 330 g/mol. The molecule has 0 saturated carbocycles. The highest BCUT2D eigenvalue weighted by Crippen LogP contribution is 2.23. The van der Waals surface area contributed by atoms with Gasteiger partial charge in [0.15, 0.2) is 0 Å². The highest BCUT2D eigenvalue weighted by molar-refractivity contribution is 7.91. The zero-order chi connectivity index (χ0) is 16.5. The van der Waals surface area contributed by atoms with Crippen LogP contribution in [0, 0.1) is 0 Å². The summed E-state index contributed by atoms with van der Waals surface area (Å²) in [7, 11) is -3.69. The molecule has 1 aliphatic rings. The van der Waals surface area contributed by atoms with Gasteiger partial charge < -0.3 is 20.1 Å². The number of aryl methyl sites for hydroxylation is 1. The first-order chi connectivity index (χ1) is 10.3. The van der Waals surface area contributed by atoms with Gasteiger partial charge in [0, 0.05) is 11.4 Å². The number of hydrogen-bond donors (Lipinski definition) is 4. The van der Waals surface area contributed by atoms with E-state index in [9.17, 15) is 23.7 Å². The van der Waals surface area contributed by atoms with E-state index >= 15 is 0 Å². The van der Waals surface area contributed by atoms with Crippen molar-refractivity contribution < 1.29 is 28.5 Å². The molecule has 22 heavy (non-hydrogen) atoms. The van der Waals surface area contributed by atoms with Gasteiger partial charge in [0.25, 0.3) is 0 Å². The summed E-state index contributed by atoms with van der Waals surface area (Å²) < 4.78 is 32.3. The molecule has 1 fully saturated rings. The predicted octanol–water partition coefficient (Wildman–Crippen LogP) is -0.541. The van der Waals surface area contributed by atoms with E-state index in [2.05, 4.69) is 4.72 Å². The van der Waals surface area contributed by atoms with Gasteiger partial charge in [-0.15, -0.1) is 11.3 Å². The van der Waals surface area contributed by atoms with Crippen molar-refractivity contribution in [3.63, 3.8) is 0 Å². The predicted molar refractivity (Wildman–Crippen MR) is 81.2 cm³/mol. The van der Waals surface area contributed by atoms with Crippen molar-refractivity contribution in [3.05, 3.63) is 17.0 Å². The summed E-state index contributed by atoms with van der Waals surface area (Å²) in [5.41, 5.74) is 0. The van der Waals surface area contributed by atoms with Gasteiger partial charge in [0.1, 0.15) is 28.6 Å². The molecule has 126 valence electrons. The third kappa shape index (κ3) is 3.67. The number of hydrogen-bond acceptors (Lipinski definition) is 7. The Hall–Kier alpha value is -0.550. The van der Waals surface area contributed by atoms with Crippen LogP contribution in [0.5, 0.6) is 0 Å². The molecule has 0 aromatic carbocycles. The third-order valence-corrected chi connectivity index (χ3v) is 6.82. The van der Waals surface area contributed by atoms with E-state index in [1.54, 1.807) is 13.0 Å². The normalized spacial score (nSPS) is 33.0. The maximum atomic E-state index is 12.2. The van der Waals surface area contributed by atoms with E-state index in [1.807, 2.05) is 6.92 Å². The second-order valence-corrected chi connectivity index (χ2v) is 8.44. The number of rotatable bonds is 5. The SMILES string of the molecule is CCc1ccc(S(=O)(=O)NC[C@H]2O[C@@H](C)[C@@H](O)[C@@H](O)[C@@H]2O)s1. The Balaban J connectivity index is 2.02. The number of aliphatic hydroxyl groups excluding tert-OH is 3. The van der Waals surface area contributed by atoms with Crippen LogP contribution in [-0.4, -0.2) is 60.8 Å². The lowest BCUT2D eigenvalue weighted by atomic mass is 9.96. The smallest absolute Gasteiger partial charge is 0.250 e. The van der Waals surface area contributed by atoms with Crippen molar-refractivity contribution in [2.45, 2.75) is 55.0 Å². The van der Waals surface area contributed by atoms with E-state index in [0.717, 1.165) is 11.3 Å². The van der Waals surface area contributed by atoms with Crippen LogP contribution in [0.15, 0.2) is 16.3 Å². The van der Waals surface area contributed by atoms with E-state index in [-0.39, 0.29) is 10.8 Å². The molecule has 0 amide bonds. The van der Waals surface area contributed by atoms with E-state index in [1.165, 1.54) is 17.4 Å². The molecule has 7 nitrogen and oxygen atoms in total. The first-order valence-electron chi connectivity index (χ1n) is 7.04. The summed E-state index contributed by atoms with van der Waals surface area (Å²) in [6, 6.07) is 3.29. The van der Waals surface area contributed by atoms with Crippen LogP contribution in [0.3, 0.4) is 0 Å². The molecule has 0 aliphatic carbocycles. The highest BCUT2D eigenvalue weighted by atomic mass is 32.2. The summed E-state index contributed by atoms with van der Waals surface area (Å²) in [5.74, 6) is 0. The lowest BCUT2D eigenvalue weighted by Gasteiger charge is -2.39. The molecular formula is C13H21NO6S2. The third-order valence-electron chi connectivity index (χ3n) is 3.68. The molecule has 1 saturated heterocycles.